The Bertz CT molecular complexity index is 793. The fourth-order valence-corrected chi connectivity index (χ4v) is 3.06. The van der Waals surface area contributed by atoms with Crippen LogP contribution in [0.5, 0.6) is 11.5 Å². The fourth-order valence-electron chi connectivity index (χ4n) is 2.28. The zero-order chi connectivity index (χ0) is 19.0. The van der Waals surface area contributed by atoms with Crippen molar-refractivity contribution in [3.63, 3.8) is 0 Å². The van der Waals surface area contributed by atoms with Crippen LogP contribution < -0.4 is 9.47 Å². The third-order valence-corrected chi connectivity index (χ3v) is 5.10. The van der Waals surface area contributed by atoms with Gasteiger partial charge in [0.05, 0.1) is 11.5 Å². The lowest BCUT2D eigenvalue weighted by molar-refractivity contribution is 0.219. The second-order valence-corrected chi connectivity index (χ2v) is 8.51. The molecule has 5 nitrogen and oxygen atoms in total. The average Bonchev–Trinajstić information content (AvgIpc) is 2.60. The molecule has 7 heteroatoms. The second kappa shape index (κ2) is 9.80. The minimum absolute atomic E-state index is 0.270. The molecule has 0 fully saturated rings. The predicted molar refractivity (Wildman–Crippen MR) is 104 cm³/mol. The highest BCUT2D eigenvalue weighted by molar-refractivity contribution is 7.90. The number of hydrogen-bond acceptors (Lipinski definition) is 5. The van der Waals surface area contributed by atoms with Gasteiger partial charge in [-0.1, -0.05) is 17.7 Å². The Kier molecular flexibility index (Phi) is 7.75. The summed E-state index contributed by atoms with van der Waals surface area (Å²) in [6.45, 7) is 2.77. The standard InChI is InChI=1S/C19H24ClNO4S/c1-21(12-14-25-17-9-7-16(20)8-10-17)11-4-13-24-18-5-3-6-19(15-18)26(2,22)23/h3,5-10,15H,4,11-14H2,1-2H3. The van der Waals surface area contributed by atoms with Crippen molar-refractivity contribution in [2.75, 3.05) is 39.6 Å². The molecule has 0 radical (unpaired) electrons. The Balaban J connectivity index is 1.64. The quantitative estimate of drug-likeness (QED) is 0.574. The summed E-state index contributed by atoms with van der Waals surface area (Å²) in [6.07, 6.45) is 2.02. The largest absolute Gasteiger partial charge is 0.494 e. The highest BCUT2D eigenvalue weighted by Crippen LogP contribution is 2.17. The van der Waals surface area contributed by atoms with Crippen LogP contribution in [0.25, 0.3) is 0 Å². The number of nitrogens with zero attached hydrogens (tertiary/aromatic N) is 1. The lowest BCUT2D eigenvalue weighted by Crippen LogP contribution is -2.26. The van der Waals surface area contributed by atoms with Crippen LogP contribution in [-0.4, -0.2) is 52.9 Å². The topological polar surface area (TPSA) is 55.8 Å². The number of sulfone groups is 1. The molecule has 26 heavy (non-hydrogen) atoms. The van der Waals surface area contributed by atoms with Gasteiger partial charge in [-0.15, -0.1) is 0 Å². The summed E-state index contributed by atoms with van der Waals surface area (Å²) in [5.41, 5.74) is 0. The average molecular weight is 398 g/mol. The molecule has 0 aliphatic rings. The Morgan fingerprint density at radius 3 is 2.35 bits per heavy atom. The Hall–Kier alpha value is -1.76. The Morgan fingerprint density at radius 1 is 0.962 bits per heavy atom. The van der Waals surface area contributed by atoms with Crippen LogP contribution in [0.1, 0.15) is 6.42 Å². The first kappa shape index (κ1) is 20.6. The maximum Gasteiger partial charge on any atom is 0.175 e. The molecule has 2 aromatic rings. The zero-order valence-electron chi connectivity index (χ0n) is 15.0. The van der Waals surface area contributed by atoms with Gasteiger partial charge in [-0.05, 0) is 55.9 Å². The monoisotopic (exact) mass is 397 g/mol. The van der Waals surface area contributed by atoms with E-state index in [0.717, 1.165) is 25.3 Å². The molecule has 0 aliphatic carbocycles. The van der Waals surface area contributed by atoms with Crippen molar-refractivity contribution in [2.45, 2.75) is 11.3 Å². The Labute approximate surface area is 160 Å². The number of rotatable bonds is 10. The van der Waals surface area contributed by atoms with E-state index in [-0.39, 0.29) is 4.90 Å². The fraction of sp³-hybridized carbons (Fsp3) is 0.368. The molecular weight excluding hydrogens is 374 g/mol. The van der Waals surface area contributed by atoms with Crippen molar-refractivity contribution in [1.82, 2.24) is 4.90 Å². The van der Waals surface area contributed by atoms with Crippen LogP contribution in [-0.2, 0) is 9.84 Å². The van der Waals surface area contributed by atoms with Crippen molar-refractivity contribution in [3.05, 3.63) is 53.6 Å². The Morgan fingerprint density at radius 2 is 1.65 bits per heavy atom. The molecule has 2 rings (SSSR count). The highest BCUT2D eigenvalue weighted by Gasteiger charge is 2.08. The molecule has 0 heterocycles. The summed E-state index contributed by atoms with van der Waals surface area (Å²) in [7, 11) is -1.19. The van der Waals surface area contributed by atoms with Gasteiger partial charge in [-0.2, -0.15) is 0 Å². The van der Waals surface area contributed by atoms with E-state index in [0.29, 0.717) is 24.0 Å². The molecule has 0 spiro atoms. The maximum absolute atomic E-state index is 11.5. The lowest BCUT2D eigenvalue weighted by Gasteiger charge is -2.17. The summed E-state index contributed by atoms with van der Waals surface area (Å²) in [5, 5.41) is 0.691. The normalized spacial score (nSPS) is 11.5. The molecule has 0 aromatic heterocycles. The summed E-state index contributed by atoms with van der Waals surface area (Å²) in [4.78, 5) is 2.43. The first-order valence-corrected chi connectivity index (χ1v) is 10.6. The van der Waals surface area contributed by atoms with E-state index in [1.165, 1.54) is 6.26 Å². The van der Waals surface area contributed by atoms with Crippen LogP contribution in [0.15, 0.2) is 53.4 Å². The molecule has 2 aromatic carbocycles. The lowest BCUT2D eigenvalue weighted by atomic mass is 10.3. The first-order chi connectivity index (χ1) is 12.3. The summed E-state index contributed by atoms with van der Waals surface area (Å²) < 4.78 is 34.4. The minimum Gasteiger partial charge on any atom is -0.494 e. The van der Waals surface area contributed by atoms with Crippen molar-refractivity contribution in [2.24, 2.45) is 0 Å². The minimum atomic E-state index is -3.21. The SMILES string of the molecule is CN(CCCOc1cccc(S(C)(=O)=O)c1)CCOc1ccc(Cl)cc1. The van der Waals surface area contributed by atoms with Crippen LogP contribution >= 0.6 is 11.6 Å². The highest BCUT2D eigenvalue weighted by atomic mass is 35.5. The smallest absolute Gasteiger partial charge is 0.175 e. The number of likely N-dealkylation sites (N-methyl/N-ethyl adjacent to an activating group) is 1. The molecule has 0 unspecified atom stereocenters. The second-order valence-electron chi connectivity index (χ2n) is 6.05. The van der Waals surface area contributed by atoms with E-state index in [1.807, 2.05) is 19.2 Å². The van der Waals surface area contributed by atoms with E-state index in [4.69, 9.17) is 21.1 Å². The van der Waals surface area contributed by atoms with Crippen LogP contribution in [0, 0.1) is 0 Å². The molecule has 142 valence electrons. The predicted octanol–water partition coefficient (Wildman–Crippen LogP) is 3.52. The van der Waals surface area contributed by atoms with E-state index >= 15 is 0 Å². The van der Waals surface area contributed by atoms with Crippen LogP contribution in [0.3, 0.4) is 0 Å². The van der Waals surface area contributed by atoms with Gasteiger partial charge in [0.1, 0.15) is 18.1 Å². The van der Waals surface area contributed by atoms with Gasteiger partial charge in [0, 0.05) is 24.4 Å². The molecule has 0 amide bonds. The number of hydrogen-bond donors (Lipinski definition) is 0. The third-order valence-electron chi connectivity index (χ3n) is 3.74. The van der Waals surface area contributed by atoms with Crippen molar-refractivity contribution in [3.8, 4) is 11.5 Å². The van der Waals surface area contributed by atoms with Crippen LogP contribution in [0.2, 0.25) is 5.02 Å². The van der Waals surface area contributed by atoms with Gasteiger partial charge in [0.25, 0.3) is 0 Å². The van der Waals surface area contributed by atoms with Gasteiger partial charge in [0.2, 0.25) is 0 Å². The van der Waals surface area contributed by atoms with Gasteiger partial charge in [-0.25, -0.2) is 8.42 Å². The molecule has 0 atom stereocenters. The van der Waals surface area contributed by atoms with E-state index < -0.39 is 9.84 Å². The van der Waals surface area contributed by atoms with Crippen LogP contribution in [0.4, 0.5) is 0 Å². The first-order valence-electron chi connectivity index (χ1n) is 8.34. The summed E-state index contributed by atoms with van der Waals surface area (Å²) in [6, 6.07) is 13.9. The summed E-state index contributed by atoms with van der Waals surface area (Å²) in [5.74, 6) is 1.37. The molecular formula is C19H24ClNO4S. The number of benzene rings is 2. The van der Waals surface area contributed by atoms with Crippen molar-refractivity contribution >= 4 is 21.4 Å². The van der Waals surface area contributed by atoms with E-state index in [1.54, 1.807) is 36.4 Å². The number of ether oxygens (including phenoxy) is 2. The maximum atomic E-state index is 11.5. The van der Waals surface area contributed by atoms with Gasteiger partial charge < -0.3 is 14.4 Å². The van der Waals surface area contributed by atoms with Gasteiger partial charge in [-0.3, -0.25) is 0 Å². The van der Waals surface area contributed by atoms with E-state index in [9.17, 15) is 8.42 Å². The molecule has 0 aliphatic heterocycles. The van der Waals surface area contributed by atoms with Crippen molar-refractivity contribution < 1.29 is 17.9 Å². The summed E-state index contributed by atoms with van der Waals surface area (Å²) >= 11 is 5.84. The number of halogens is 1. The van der Waals surface area contributed by atoms with Gasteiger partial charge in [0.15, 0.2) is 9.84 Å². The molecule has 0 saturated carbocycles. The molecule has 0 N–H and O–H groups in total. The van der Waals surface area contributed by atoms with E-state index in [2.05, 4.69) is 4.90 Å². The molecule has 0 bridgehead atoms. The van der Waals surface area contributed by atoms with Gasteiger partial charge >= 0.3 is 0 Å². The van der Waals surface area contributed by atoms with Crippen molar-refractivity contribution in [1.29, 1.82) is 0 Å². The zero-order valence-corrected chi connectivity index (χ0v) is 16.6. The third kappa shape index (κ3) is 7.23. The molecule has 0 saturated heterocycles.